The Labute approximate surface area is 133 Å². The van der Waals surface area contributed by atoms with Crippen LogP contribution in [0.4, 0.5) is 0 Å². The van der Waals surface area contributed by atoms with Crippen molar-refractivity contribution < 1.29 is 9.42 Å². The van der Waals surface area contributed by atoms with Crippen LogP contribution in [0.25, 0.3) is 28.2 Å². The molecular weight excluding hydrogens is 290 g/mol. The molecule has 4 aromatic rings. The second-order valence-corrected chi connectivity index (χ2v) is 5.31. The van der Waals surface area contributed by atoms with Crippen LogP contribution in [0, 0.1) is 0 Å². The van der Waals surface area contributed by atoms with Gasteiger partial charge in [-0.05, 0) is 12.1 Å². The highest BCUT2D eigenvalue weighted by atomic mass is 16.5. The Kier molecular flexibility index (Phi) is 3.08. The summed E-state index contributed by atoms with van der Waals surface area (Å²) in [4.78, 5) is 8.89. The quantitative estimate of drug-likeness (QED) is 0.590. The van der Waals surface area contributed by atoms with Crippen LogP contribution in [-0.2, 0) is 7.05 Å². The molecule has 0 aliphatic carbocycles. The summed E-state index contributed by atoms with van der Waals surface area (Å²) in [6.45, 7) is 0. The summed E-state index contributed by atoms with van der Waals surface area (Å²) in [6, 6.07) is 7.79. The van der Waals surface area contributed by atoms with Gasteiger partial charge in [-0.25, -0.2) is 4.98 Å². The van der Waals surface area contributed by atoms with Crippen molar-refractivity contribution in [2.24, 2.45) is 7.05 Å². The molecule has 6 heteroatoms. The average Bonchev–Trinajstić information content (AvgIpc) is 3.20. The third-order valence-corrected chi connectivity index (χ3v) is 3.82. The monoisotopic (exact) mass is 306 g/mol. The number of hydrogen-bond acceptors (Lipinski definition) is 3. The standard InChI is InChI=1S/C17H15N5O/c1-21-10-12(8-20-21)13-11-22-15(14-5-3-4-6-18-14)9-19-17(22)7-16(13)23-2/h3-11H,1-2H3/p+1. The molecule has 0 unspecified atom stereocenters. The number of rotatable bonds is 3. The lowest BCUT2D eigenvalue weighted by atomic mass is 10.1. The Bertz CT molecular complexity index is 971. The molecule has 0 radical (unpaired) electrons. The van der Waals surface area contributed by atoms with Crippen molar-refractivity contribution >= 4 is 5.65 Å². The van der Waals surface area contributed by atoms with Crippen molar-refractivity contribution in [1.82, 2.24) is 19.5 Å². The van der Waals surface area contributed by atoms with Crippen LogP contribution in [0.5, 0.6) is 5.75 Å². The molecule has 1 N–H and O–H groups in total. The number of hydrogen-bond donors (Lipinski definition) is 1. The number of nitrogens with one attached hydrogen (secondary N) is 1. The highest BCUT2D eigenvalue weighted by molar-refractivity contribution is 5.73. The fourth-order valence-electron chi connectivity index (χ4n) is 2.70. The molecule has 0 aromatic carbocycles. The second kappa shape index (κ2) is 5.24. The van der Waals surface area contributed by atoms with Gasteiger partial charge in [0.25, 0.3) is 0 Å². The van der Waals surface area contributed by atoms with Crippen molar-refractivity contribution in [3.05, 3.63) is 55.2 Å². The third-order valence-electron chi connectivity index (χ3n) is 3.82. The lowest BCUT2D eigenvalue weighted by Gasteiger charge is -2.08. The van der Waals surface area contributed by atoms with Gasteiger partial charge in [0.1, 0.15) is 11.4 Å². The smallest absolute Gasteiger partial charge is 0.203 e. The first-order valence-electron chi connectivity index (χ1n) is 7.27. The van der Waals surface area contributed by atoms with E-state index >= 15 is 0 Å². The van der Waals surface area contributed by atoms with Crippen LogP contribution in [-0.4, -0.2) is 26.6 Å². The Hall–Kier alpha value is -3.15. The van der Waals surface area contributed by atoms with Gasteiger partial charge in [-0.3, -0.25) is 9.38 Å². The number of pyridine rings is 2. The summed E-state index contributed by atoms with van der Waals surface area (Å²) in [5.41, 5.74) is 4.70. The largest absolute Gasteiger partial charge is 0.496 e. The first kappa shape index (κ1) is 13.5. The summed E-state index contributed by atoms with van der Waals surface area (Å²) in [6.07, 6.45) is 9.61. The lowest BCUT2D eigenvalue weighted by molar-refractivity contribution is -0.726. The van der Waals surface area contributed by atoms with E-state index in [0.717, 1.165) is 33.9 Å². The van der Waals surface area contributed by atoms with Crippen LogP contribution in [0.2, 0.25) is 0 Å². The van der Waals surface area contributed by atoms with Gasteiger partial charge in [-0.15, -0.1) is 4.68 Å². The van der Waals surface area contributed by atoms with Crippen LogP contribution in [0.1, 0.15) is 0 Å². The molecule has 0 aliphatic heterocycles. The minimum Gasteiger partial charge on any atom is -0.496 e. The molecule has 0 atom stereocenters. The molecule has 0 saturated carbocycles. The normalized spacial score (nSPS) is 11.0. The SMILES string of the molecule is COc1cc2ncc(-c3ccccn3)n2cc1-c1c[nH][n+](C)c1. The van der Waals surface area contributed by atoms with Crippen molar-refractivity contribution in [2.75, 3.05) is 7.11 Å². The van der Waals surface area contributed by atoms with E-state index in [1.807, 2.05) is 65.2 Å². The van der Waals surface area contributed by atoms with Gasteiger partial charge in [0.05, 0.1) is 36.5 Å². The minimum absolute atomic E-state index is 0.787. The second-order valence-electron chi connectivity index (χ2n) is 5.31. The van der Waals surface area contributed by atoms with E-state index < -0.39 is 0 Å². The molecule has 4 heterocycles. The number of aromatic nitrogens is 5. The fourth-order valence-corrected chi connectivity index (χ4v) is 2.70. The molecule has 114 valence electrons. The number of aryl methyl sites for hydroxylation is 1. The molecule has 0 saturated heterocycles. The Balaban J connectivity index is 1.96. The maximum absolute atomic E-state index is 5.54. The Morgan fingerprint density at radius 2 is 2.17 bits per heavy atom. The highest BCUT2D eigenvalue weighted by Gasteiger charge is 2.15. The predicted molar refractivity (Wildman–Crippen MR) is 85.9 cm³/mol. The highest BCUT2D eigenvalue weighted by Crippen LogP contribution is 2.31. The van der Waals surface area contributed by atoms with E-state index in [9.17, 15) is 0 Å². The first-order valence-corrected chi connectivity index (χ1v) is 7.27. The van der Waals surface area contributed by atoms with E-state index in [4.69, 9.17) is 4.74 Å². The Morgan fingerprint density at radius 3 is 2.87 bits per heavy atom. The molecule has 0 fully saturated rings. The maximum Gasteiger partial charge on any atom is 0.203 e. The van der Waals surface area contributed by atoms with E-state index in [1.165, 1.54) is 0 Å². The molecule has 4 aromatic heterocycles. The van der Waals surface area contributed by atoms with E-state index in [2.05, 4.69) is 15.1 Å². The number of nitrogens with zero attached hydrogens (tertiary/aromatic N) is 4. The number of methoxy groups -OCH3 is 1. The van der Waals surface area contributed by atoms with E-state index in [0.29, 0.717) is 0 Å². The molecule has 0 aliphatic rings. The molecule has 0 bridgehead atoms. The summed E-state index contributed by atoms with van der Waals surface area (Å²) >= 11 is 0. The molecule has 6 nitrogen and oxygen atoms in total. The minimum atomic E-state index is 0.787. The molecular formula is C17H16N5O+. The number of fused-ring (bicyclic) bond motifs is 1. The molecule has 23 heavy (non-hydrogen) atoms. The van der Waals surface area contributed by atoms with Crippen molar-refractivity contribution in [3.8, 4) is 28.3 Å². The maximum atomic E-state index is 5.54. The zero-order valence-corrected chi connectivity index (χ0v) is 12.9. The zero-order chi connectivity index (χ0) is 15.8. The van der Waals surface area contributed by atoms with Crippen molar-refractivity contribution in [2.45, 2.75) is 0 Å². The van der Waals surface area contributed by atoms with Crippen LogP contribution in [0.3, 0.4) is 0 Å². The van der Waals surface area contributed by atoms with Gasteiger partial charge < -0.3 is 4.74 Å². The topological polar surface area (TPSA) is 59.1 Å². The van der Waals surface area contributed by atoms with Crippen LogP contribution in [0.15, 0.2) is 55.2 Å². The number of imidazole rings is 1. The summed E-state index contributed by atoms with van der Waals surface area (Å²) in [7, 11) is 3.62. The van der Waals surface area contributed by atoms with E-state index in [1.54, 1.807) is 13.3 Å². The van der Waals surface area contributed by atoms with Gasteiger partial charge in [-0.2, -0.15) is 5.10 Å². The number of H-pyrrole nitrogens is 1. The van der Waals surface area contributed by atoms with Gasteiger partial charge in [0.2, 0.25) is 6.20 Å². The van der Waals surface area contributed by atoms with Crippen LogP contribution >= 0.6 is 0 Å². The summed E-state index contributed by atoms with van der Waals surface area (Å²) < 4.78 is 9.47. The van der Waals surface area contributed by atoms with Gasteiger partial charge in [-0.1, -0.05) is 6.07 Å². The van der Waals surface area contributed by atoms with Gasteiger partial charge >= 0.3 is 0 Å². The van der Waals surface area contributed by atoms with Crippen molar-refractivity contribution in [1.29, 1.82) is 0 Å². The average molecular weight is 306 g/mol. The van der Waals surface area contributed by atoms with Gasteiger partial charge in [0, 0.05) is 24.0 Å². The lowest BCUT2D eigenvalue weighted by Crippen LogP contribution is -2.27. The fraction of sp³-hybridized carbons (Fsp3) is 0.118. The third kappa shape index (κ3) is 2.24. The molecule has 0 spiro atoms. The number of ether oxygens (including phenoxy) is 1. The summed E-state index contributed by atoms with van der Waals surface area (Å²) in [5.74, 6) is 0.787. The zero-order valence-electron chi connectivity index (χ0n) is 12.9. The predicted octanol–water partition coefficient (Wildman–Crippen LogP) is 2.22. The van der Waals surface area contributed by atoms with Gasteiger partial charge in [0.15, 0.2) is 7.05 Å². The molecule has 0 amide bonds. The van der Waals surface area contributed by atoms with E-state index in [-0.39, 0.29) is 0 Å². The molecule has 4 rings (SSSR count). The summed E-state index contributed by atoms with van der Waals surface area (Å²) in [5, 5.41) is 3.13. The Morgan fingerprint density at radius 1 is 1.26 bits per heavy atom. The van der Waals surface area contributed by atoms with Crippen LogP contribution < -0.4 is 9.42 Å². The number of aromatic amines is 1. The first-order chi connectivity index (χ1) is 11.3. The van der Waals surface area contributed by atoms with Crippen molar-refractivity contribution in [3.63, 3.8) is 0 Å².